The van der Waals surface area contributed by atoms with E-state index in [9.17, 15) is 0 Å². The van der Waals surface area contributed by atoms with Crippen molar-refractivity contribution >= 4 is 23.2 Å². The number of rotatable bonds is 1. The Kier molecular flexibility index (Phi) is 2.48. The van der Waals surface area contributed by atoms with E-state index < -0.39 is 0 Å². The van der Waals surface area contributed by atoms with E-state index in [2.05, 4.69) is 4.98 Å². The first-order valence-electron chi connectivity index (χ1n) is 4.12. The van der Waals surface area contributed by atoms with Crippen LogP contribution in [0.1, 0.15) is 0 Å². The number of hydrogen-bond acceptors (Lipinski definition) is 1. The minimum atomic E-state index is 0.545. The van der Waals surface area contributed by atoms with Crippen LogP contribution < -0.4 is 0 Å². The van der Waals surface area contributed by atoms with E-state index in [-0.39, 0.29) is 0 Å². The first-order valence-corrected chi connectivity index (χ1v) is 4.87. The Morgan fingerprint density at radius 1 is 1.29 bits per heavy atom. The van der Waals surface area contributed by atoms with Crippen LogP contribution >= 0.6 is 23.2 Å². The van der Waals surface area contributed by atoms with E-state index in [1.165, 1.54) is 0 Å². The zero-order chi connectivity index (χ0) is 10.1. The molecule has 0 amide bonds. The summed E-state index contributed by atoms with van der Waals surface area (Å²) in [5.41, 5.74) is 0.853. The summed E-state index contributed by atoms with van der Waals surface area (Å²) in [7, 11) is 1.92. The third kappa shape index (κ3) is 1.51. The summed E-state index contributed by atoms with van der Waals surface area (Å²) < 4.78 is 1.90. The van der Waals surface area contributed by atoms with Gasteiger partial charge in [0, 0.05) is 25.0 Å². The highest BCUT2D eigenvalue weighted by Crippen LogP contribution is 2.31. The molecule has 0 aliphatic carbocycles. The fourth-order valence-electron chi connectivity index (χ4n) is 1.30. The van der Waals surface area contributed by atoms with Crippen molar-refractivity contribution in [2.45, 2.75) is 0 Å². The molecule has 14 heavy (non-hydrogen) atoms. The van der Waals surface area contributed by atoms with Crippen molar-refractivity contribution in [3.63, 3.8) is 0 Å². The number of aryl methyl sites for hydroxylation is 1. The second-order valence-corrected chi connectivity index (χ2v) is 3.75. The van der Waals surface area contributed by atoms with Crippen LogP contribution in [-0.2, 0) is 7.05 Å². The maximum atomic E-state index is 6.07. The second-order valence-electron chi connectivity index (χ2n) is 2.96. The van der Waals surface area contributed by atoms with Crippen molar-refractivity contribution in [2.75, 3.05) is 0 Å². The van der Waals surface area contributed by atoms with Crippen molar-refractivity contribution in [1.82, 2.24) is 9.55 Å². The van der Waals surface area contributed by atoms with Gasteiger partial charge in [-0.15, -0.1) is 0 Å². The molecule has 0 aliphatic rings. The molecule has 72 valence electrons. The van der Waals surface area contributed by atoms with Crippen LogP contribution in [0.3, 0.4) is 0 Å². The molecule has 1 aromatic carbocycles. The van der Waals surface area contributed by atoms with Gasteiger partial charge in [-0.05, 0) is 12.1 Å². The number of nitrogens with zero attached hydrogens (tertiary/aromatic N) is 2. The number of hydrogen-bond donors (Lipinski definition) is 0. The summed E-state index contributed by atoms with van der Waals surface area (Å²) in [6.07, 6.45) is 3.60. The molecule has 1 aromatic heterocycles. The standard InChI is InChI=1S/C10H8Cl2N2/c1-14-6-5-13-10(14)7-3-2-4-8(11)9(7)12/h2-6H,1H3. The SMILES string of the molecule is Cn1ccnc1-c1cccc(Cl)c1Cl. The molecule has 2 rings (SSSR count). The Morgan fingerprint density at radius 3 is 2.71 bits per heavy atom. The van der Waals surface area contributed by atoms with Crippen molar-refractivity contribution in [3.05, 3.63) is 40.6 Å². The minimum absolute atomic E-state index is 0.545. The van der Waals surface area contributed by atoms with Crippen LogP contribution in [0.5, 0.6) is 0 Å². The summed E-state index contributed by atoms with van der Waals surface area (Å²) >= 11 is 12.0. The highest BCUT2D eigenvalue weighted by Gasteiger charge is 2.09. The zero-order valence-corrected chi connectivity index (χ0v) is 9.05. The lowest BCUT2D eigenvalue weighted by atomic mass is 10.2. The highest BCUT2D eigenvalue weighted by molar-refractivity contribution is 6.43. The number of aromatic nitrogens is 2. The van der Waals surface area contributed by atoms with E-state index in [1.54, 1.807) is 12.3 Å². The Hall–Kier alpha value is -0.990. The smallest absolute Gasteiger partial charge is 0.141 e. The summed E-state index contributed by atoms with van der Waals surface area (Å²) in [6, 6.07) is 5.52. The number of imidazole rings is 1. The van der Waals surface area contributed by atoms with Crippen molar-refractivity contribution < 1.29 is 0 Å². The normalized spacial score (nSPS) is 10.5. The third-order valence-corrected chi connectivity index (χ3v) is 2.83. The van der Waals surface area contributed by atoms with Crippen molar-refractivity contribution in [3.8, 4) is 11.4 Å². The largest absolute Gasteiger partial charge is 0.334 e. The van der Waals surface area contributed by atoms with Gasteiger partial charge in [-0.2, -0.15) is 0 Å². The maximum absolute atomic E-state index is 6.07. The summed E-state index contributed by atoms with van der Waals surface area (Å²) in [4.78, 5) is 4.21. The predicted octanol–water partition coefficient (Wildman–Crippen LogP) is 3.39. The number of benzene rings is 1. The molecular weight excluding hydrogens is 219 g/mol. The molecule has 2 aromatic rings. The van der Waals surface area contributed by atoms with Crippen molar-refractivity contribution in [1.29, 1.82) is 0 Å². The molecule has 0 N–H and O–H groups in total. The summed E-state index contributed by atoms with van der Waals surface area (Å²) in [5, 5.41) is 1.09. The van der Waals surface area contributed by atoms with Crippen LogP contribution in [0.4, 0.5) is 0 Å². The molecule has 0 radical (unpaired) electrons. The van der Waals surface area contributed by atoms with Crippen molar-refractivity contribution in [2.24, 2.45) is 7.05 Å². The third-order valence-electron chi connectivity index (χ3n) is 2.01. The highest BCUT2D eigenvalue weighted by atomic mass is 35.5. The lowest BCUT2D eigenvalue weighted by molar-refractivity contribution is 0.925. The van der Waals surface area contributed by atoms with Gasteiger partial charge >= 0.3 is 0 Å². The first kappa shape index (κ1) is 9.56. The quantitative estimate of drug-likeness (QED) is 0.730. The molecule has 0 saturated carbocycles. The second kappa shape index (κ2) is 3.64. The van der Waals surface area contributed by atoms with Crippen LogP contribution in [0, 0.1) is 0 Å². The van der Waals surface area contributed by atoms with Gasteiger partial charge in [0.05, 0.1) is 10.0 Å². The zero-order valence-electron chi connectivity index (χ0n) is 7.54. The number of halogens is 2. The van der Waals surface area contributed by atoms with E-state index in [0.29, 0.717) is 10.0 Å². The molecule has 0 saturated heterocycles. The minimum Gasteiger partial charge on any atom is -0.334 e. The van der Waals surface area contributed by atoms with Gasteiger partial charge in [-0.25, -0.2) is 4.98 Å². The fourth-order valence-corrected chi connectivity index (χ4v) is 1.69. The molecule has 2 nitrogen and oxygen atoms in total. The lowest BCUT2D eigenvalue weighted by Crippen LogP contribution is -1.91. The monoisotopic (exact) mass is 226 g/mol. The molecule has 0 unspecified atom stereocenters. The average molecular weight is 227 g/mol. The van der Waals surface area contributed by atoms with Crippen LogP contribution in [0.25, 0.3) is 11.4 Å². The molecule has 0 atom stereocenters. The molecular formula is C10H8Cl2N2. The van der Waals surface area contributed by atoms with Gasteiger partial charge in [0.25, 0.3) is 0 Å². The van der Waals surface area contributed by atoms with Crippen LogP contribution in [0.2, 0.25) is 10.0 Å². The van der Waals surface area contributed by atoms with Crippen LogP contribution in [0.15, 0.2) is 30.6 Å². The maximum Gasteiger partial charge on any atom is 0.141 e. The average Bonchev–Trinajstić information content (AvgIpc) is 2.57. The molecule has 0 aliphatic heterocycles. The first-order chi connectivity index (χ1) is 6.70. The fraction of sp³-hybridized carbons (Fsp3) is 0.100. The van der Waals surface area contributed by atoms with E-state index in [4.69, 9.17) is 23.2 Å². The van der Waals surface area contributed by atoms with E-state index in [0.717, 1.165) is 11.4 Å². The molecule has 4 heteroatoms. The Labute approximate surface area is 92.1 Å². The Bertz CT molecular complexity index is 463. The molecule has 0 bridgehead atoms. The van der Waals surface area contributed by atoms with Gasteiger partial charge < -0.3 is 4.57 Å². The Morgan fingerprint density at radius 2 is 2.07 bits per heavy atom. The van der Waals surface area contributed by atoms with Gasteiger partial charge in [0.1, 0.15) is 5.82 Å². The predicted molar refractivity (Wildman–Crippen MR) is 58.7 cm³/mol. The summed E-state index contributed by atoms with van der Waals surface area (Å²) in [6.45, 7) is 0. The van der Waals surface area contributed by atoms with Crippen LogP contribution in [-0.4, -0.2) is 9.55 Å². The molecule has 0 spiro atoms. The van der Waals surface area contributed by atoms with Gasteiger partial charge in [-0.1, -0.05) is 29.3 Å². The topological polar surface area (TPSA) is 17.8 Å². The Balaban J connectivity index is 2.63. The van der Waals surface area contributed by atoms with Gasteiger partial charge in [0.2, 0.25) is 0 Å². The van der Waals surface area contributed by atoms with Gasteiger partial charge in [-0.3, -0.25) is 0 Å². The summed E-state index contributed by atoms with van der Waals surface area (Å²) in [5.74, 6) is 0.817. The van der Waals surface area contributed by atoms with Gasteiger partial charge in [0.15, 0.2) is 0 Å². The van der Waals surface area contributed by atoms with E-state index >= 15 is 0 Å². The molecule has 0 fully saturated rings. The van der Waals surface area contributed by atoms with E-state index in [1.807, 2.05) is 29.9 Å². The lowest BCUT2D eigenvalue weighted by Gasteiger charge is -2.05. The molecule has 1 heterocycles.